The molecule has 20 heavy (non-hydrogen) atoms. The molecule has 0 radical (unpaired) electrons. The zero-order valence-electron chi connectivity index (χ0n) is 11.9. The van der Waals surface area contributed by atoms with Gasteiger partial charge < -0.3 is 5.11 Å². The molecular formula is C14H21NO4S. The normalized spacial score (nSPS) is 11.8. The summed E-state index contributed by atoms with van der Waals surface area (Å²) in [5, 5.41) is 9.03. The molecule has 5 nitrogen and oxygen atoms in total. The summed E-state index contributed by atoms with van der Waals surface area (Å²) in [6, 6.07) is 6.00. The van der Waals surface area contributed by atoms with Crippen LogP contribution in [0.25, 0.3) is 0 Å². The zero-order valence-corrected chi connectivity index (χ0v) is 12.7. The van der Waals surface area contributed by atoms with Crippen LogP contribution in [0, 0.1) is 0 Å². The zero-order chi connectivity index (χ0) is 15.2. The Labute approximate surface area is 120 Å². The van der Waals surface area contributed by atoms with Crippen LogP contribution in [0.15, 0.2) is 29.2 Å². The Morgan fingerprint density at radius 1 is 1.30 bits per heavy atom. The van der Waals surface area contributed by atoms with Gasteiger partial charge in [0.2, 0.25) is 10.0 Å². The average Bonchev–Trinajstić information content (AvgIpc) is 2.43. The van der Waals surface area contributed by atoms with Crippen LogP contribution in [-0.4, -0.2) is 43.3 Å². The molecule has 0 aliphatic carbocycles. The summed E-state index contributed by atoms with van der Waals surface area (Å²) in [6.07, 6.45) is 1.59. The van der Waals surface area contributed by atoms with Gasteiger partial charge in [-0.15, -0.1) is 0 Å². The molecule has 112 valence electrons. The maximum Gasteiger partial charge on any atom is 0.243 e. The van der Waals surface area contributed by atoms with Gasteiger partial charge in [0.15, 0.2) is 5.78 Å². The van der Waals surface area contributed by atoms with Crippen molar-refractivity contribution in [1.29, 1.82) is 0 Å². The predicted octanol–water partition coefficient (Wildman–Crippen LogP) is 1.67. The number of benzene rings is 1. The Bertz CT molecular complexity index is 554. The summed E-state index contributed by atoms with van der Waals surface area (Å²) >= 11 is 0. The maximum atomic E-state index is 12.5. The largest absolute Gasteiger partial charge is 0.395 e. The van der Waals surface area contributed by atoms with Crippen LogP contribution >= 0.6 is 0 Å². The van der Waals surface area contributed by atoms with Crippen molar-refractivity contribution in [3.05, 3.63) is 29.8 Å². The van der Waals surface area contributed by atoms with E-state index in [-0.39, 0.29) is 23.8 Å². The van der Waals surface area contributed by atoms with Crippen molar-refractivity contribution < 1.29 is 18.3 Å². The highest BCUT2D eigenvalue weighted by Gasteiger charge is 2.23. The first-order valence-corrected chi connectivity index (χ1v) is 8.09. The molecule has 0 heterocycles. The van der Waals surface area contributed by atoms with Gasteiger partial charge in [0.25, 0.3) is 0 Å². The molecule has 0 fully saturated rings. The van der Waals surface area contributed by atoms with Crippen LogP contribution in [0.4, 0.5) is 0 Å². The minimum atomic E-state index is -3.67. The molecule has 0 aromatic heterocycles. The SMILES string of the molecule is CCCCN(CCO)S(=O)(=O)c1cccc(C(C)=O)c1. The third-order valence-electron chi connectivity index (χ3n) is 2.99. The van der Waals surface area contributed by atoms with E-state index in [1.807, 2.05) is 6.92 Å². The van der Waals surface area contributed by atoms with Crippen molar-refractivity contribution in [3.8, 4) is 0 Å². The number of hydrogen-bond donors (Lipinski definition) is 1. The standard InChI is InChI=1S/C14H21NO4S/c1-3-4-8-15(9-10-16)20(18,19)14-7-5-6-13(11-14)12(2)17/h5-7,11,16H,3-4,8-10H2,1-2H3. The second-order valence-electron chi connectivity index (χ2n) is 4.57. The highest BCUT2D eigenvalue weighted by Crippen LogP contribution is 2.18. The third kappa shape index (κ3) is 4.13. The molecule has 0 aliphatic rings. The fourth-order valence-corrected chi connectivity index (χ4v) is 3.34. The van der Waals surface area contributed by atoms with Crippen LogP contribution < -0.4 is 0 Å². The molecule has 1 rings (SSSR count). The number of aliphatic hydroxyl groups is 1. The first-order valence-electron chi connectivity index (χ1n) is 6.65. The number of hydrogen-bond acceptors (Lipinski definition) is 4. The number of sulfonamides is 1. The van der Waals surface area contributed by atoms with Crippen molar-refractivity contribution in [2.75, 3.05) is 19.7 Å². The van der Waals surface area contributed by atoms with Gasteiger partial charge in [0.05, 0.1) is 11.5 Å². The summed E-state index contributed by atoms with van der Waals surface area (Å²) in [5.41, 5.74) is 0.366. The number of carbonyl (C=O) groups is 1. The second-order valence-corrected chi connectivity index (χ2v) is 6.50. The van der Waals surface area contributed by atoms with Gasteiger partial charge in [-0.2, -0.15) is 4.31 Å². The third-order valence-corrected chi connectivity index (χ3v) is 4.88. The lowest BCUT2D eigenvalue weighted by molar-refractivity contribution is 0.101. The van der Waals surface area contributed by atoms with E-state index in [9.17, 15) is 13.2 Å². The summed E-state index contributed by atoms with van der Waals surface area (Å²) < 4.78 is 26.3. The number of aliphatic hydroxyl groups excluding tert-OH is 1. The van der Waals surface area contributed by atoms with Crippen molar-refractivity contribution in [1.82, 2.24) is 4.31 Å². The van der Waals surface area contributed by atoms with Crippen molar-refractivity contribution in [2.24, 2.45) is 0 Å². The summed E-state index contributed by atoms with van der Waals surface area (Å²) in [7, 11) is -3.67. The highest BCUT2D eigenvalue weighted by atomic mass is 32.2. The molecule has 0 saturated heterocycles. The average molecular weight is 299 g/mol. The lowest BCUT2D eigenvalue weighted by atomic mass is 10.2. The van der Waals surface area contributed by atoms with E-state index < -0.39 is 10.0 Å². The molecule has 6 heteroatoms. The minimum Gasteiger partial charge on any atom is -0.395 e. The molecule has 0 unspecified atom stereocenters. The maximum absolute atomic E-state index is 12.5. The molecule has 0 saturated carbocycles. The van der Waals surface area contributed by atoms with Crippen molar-refractivity contribution in [3.63, 3.8) is 0 Å². The lowest BCUT2D eigenvalue weighted by Crippen LogP contribution is -2.34. The van der Waals surface area contributed by atoms with E-state index in [4.69, 9.17) is 5.11 Å². The van der Waals surface area contributed by atoms with E-state index in [2.05, 4.69) is 0 Å². The lowest BCUT2D eigenvalue weighted by Gasteiger charge is -2.21. The summed E-state index contributed by atoms with van der Waals surface area (Å²) in [5.74, 6) is -0.177. The van der Waals surface area contributed by atoms with Gasteiger partial charge in [-0.25, -0.2) is 8.42 Å². The van der Waals surface area contributed by atoms with Crippen molar-refractivity contribution in [2.45, 2.75) is 31.6 Å². The van der Waals surface area contributed by atoms with E-state index in [0.717, 1.165) is 12.8 Å². The monoisotopic (exact) mass is 299 g/mol. The second kappa shape index (κ2) is 7.52. The quantitative estimate of drug-likeness (QED) is 0.741. The van der Waals surface area contributed by atoms with Gasteiger partial charge in [0.1, 0.15) is 0 Å². The molecule has 1 N–H and O–H groups in total. The Balaban J connectivity index is 3.11. The molecular weight excluding hydrogens is 278 g/mol. The van der Waals surface area contributed by atoms with Crippen LogP contribution in [0.3, 0.4) is 0 Å². The van der Waals surface area contributed by atoms with E-state index >= 15 is 0 Å². The Morgan fingerprint density at radius 3 is 2.55 bits per heavy atom. The van der Waals surface area contributed by atoms with Gasteiger partial charge in [-0.3, -0.25) is 4.79 Å². The molecule has 0 atom stereocenters. The van der Waals surface area contributed by atoms with Gasteiger partial charge in [-0.05, 0) is 25.5 Å². The van der Waals surface area contributed by atoms with Crippen LogP contribution in [-0.2, 0) is 10.0 Å². The molecule has 0 amide bonds. The molecule has 1 aromatic rings. The van der Waals surface area contributed by atoms with Crippen LogP contribution in [0.2, 0.25) is 0 Å². The molecule has 0 spiro atoms. The van der Waals surface area contributed by atoms with Gasteiger partial charge in [0, 0.05) is 18.7 Å². The topological polar surface area (TPSA) is 74.7 Å². The highest BCUT2D eigenvalue weighted by molar-refractivity contribution is 7.89. The smallest absolute Gasteiger partial charge is 0.243 e. The fourth-order valence-electron chi connectivity index (χ4n) is 1.82. The summed E-state index contributed by atoms with van der Waals surface area (Å²) in [6.45, 7) is 3.57. The number of nitrogens with zero attached hydrogens (tertiary/aromatic N) is 1. The first-order chi connectivity index (χ1) is 9.43. The Hall–Kier alpha value is -1.24. The number of carbonyl (C=O) groups excluding carboxylic acids is 1. The number of Topliss-reactive ketones (excluding diaryl/α,β-unsaturated/α-hetero) is 1. The molecule has 0 aliphatic heterocycles. The number of rotatable bonds is 8. The Kier molecular flexibility index (Phi) is 6.32. The predicted molar refractivity (Wildman–Crippen MR) is 77.2 cm³/mol. The van der Waals surface area contributed by atoms with Gasteiger partial charge >= 0.3 is 0 Å². The first kappa shape index (κ1) is 16.8. The van der Waals surface area contributed by atoms with E-state index in [1.54, 1.807) is 12.1 Å². The van der Waals surface area contributed by atoms with E-state index in [1.165, 1.54) is 23.4 Å². The number of unbranched alkanes of at least 4 members (excludes halogenated alkanes) is 1. The van der Waals surface area contributed by atoms with Crippen LogP contribution in [0.1, 0.15) is 37.0 Å². The molecule has 0 bridgehead atoms. The van der Waals surface area contributed by atoms with Crippen LogP contribution in [0.5, 0.6) is 0 Å². The fraction of sp³-hybridized carbons (Fsp3) is 0.500. The Morgan fingerprint density at radius 2 is 2.00 bits per heavy atom. The van der Waals surface area contributed by atoms with Gasteiger partial charge in [-0.1, -0.05) is 25.5 Å². The minimum absolute atomic E-state index is 0.0621. The summed E-state index contributed by atoms with van der Waals surface area (Å²) in [4.78, 5) is 11.4. The molecule has 1 aromatic carbocycles. The van der Waals surface area contributed by atoms with Crippen molar-refractivity contribution >= 4 is 15.8 Å². The van der Waals surface area contributed by atoms with E-state index in [0.29, 0.717) is 12.1 Å². The number of ketones is 1.